The van der Waals surface area contributed by atoms with Crippen molar-refractivity contribution in [3.63, 3.8) is 0 Å². The monoisotopic (exact) mass is 317 g/mol. The zero-order valence-electron chi connectivity index (χ0n) is 13.6. The van der Waals surface area contributed by atoms with Crippen LogP contribution >= 0.6 is 0 Å². The van der Waals surface area contributed by atoms with Gasteiger partial charge in [-0.1, -0.05) is 0 Å². The molecule has 3 N–H and O–H groups in total. The molecule has 6 heteroatoms. The van der Waals surface area contributed by atoms with Gasteiger partial charge in [0.25, 0.3) is 0 Å². The second-order valence-corrected chi connectivity index (χ2v) is 6.45. The molecule has 1 aromatic rings. The molecule has 23 heavy (non-hydrogen) atoms. The SMILES string of the molecule is COc1ccc(NC(C)=O)c(NC(=O)C2CC23CCNCC3)c1. The number of amides is 2. The number of carbonyl (C=O) groups is 2. The summed E-state index contributed by atoms with van der Waals surface area (Å²) < 4.78 is 5.21. The molecule has 1 heterocycles. The van der Waals surface area contributed by atoms with Crippen molar-refractivity contribution >= 4 is 23.2 Å². The first-order valence-electron chi connectivity index (χ1n) is 8.01. The molecule has 2 aliphatic rings. The molecule has 2 fully saturated rings. The zero-order chi connectivity index (χ0) is 16.4. The third-order valence-corrected chi connectivity index (χ3v) is 4.90. The van der Waals surface area contributed by atoms with E-state index in [1.807, 2.05) is 0 Å². The summed E-state index contributed by atoms with van der Waals surface area (Å²) in [7, 11) is 1.57. The number of anilines is 2. The molecule has 3 rings (SSSR count). The zero-order valence-corrected chi connectivity index (χ0v) is 13.6. The van der Waals surface area contributed by atoms with Gasteiger partial charge in [0.15, 0.2) is 0 Å². The topological polar surface area (TPSA) is 79.5 Å². The fourth-order valence-corrected chi connectivity index (χ4v) is 3.47. The van der Waals surface area contributed by atoms with Gasteiger partial charge < -0.3 is 20.7 Å². The number of carbonyl (C=O) groups excluding carboxylic acids is 2. The minimum atomic E-state index is -0.174. The highest BCUT2D eigenvalue weighted by atomic mass is 16.5. The number of methoxy groups -OCH3 is 1. The average molecular weight is 317 g/mol. The highest BCUT2D eigenvalue weighted by Gasteiger charge is 2.57. The molecule has 6 nitrogen and oxygen atoms in total. The molecule has 1 aliphatic heterocycles. The summed E-state index contributed by atoms with van der Waals surface area (Å²) in [6, 6.07) is 5.23. The highest BCUT2D eigenvalue weighted by Crippen LogP contribution is 2.58. The number of rotatable bonds is 4. The Morgan fingerprint density at radius 2 is 1.96 bits per heavy atom. The quantitative estimate of drug-likeness (QED) is 0.793. The molecule has 1 saturated heterocycles. The lowest BCUT2D eigenvalue weighted by molar-refractivity contribution is -0.118. The summed E-state index contributed by atoms with van der Waals surface area (Å²) in [5.74, 6) is 0.571. The summed E-state index contributed by atoms with van der Waals surface area (Å²) in [5.41, 5.74) is 1.36. The Hall–Kier alpha value is -2.08. The van der Waals surface area contributed by atoms with Gasteiger partial charge in [0, 0.05) is 18.9 Å². The van der Waals surface area contributed by atoms with E-state index in [0.717, 1.165) is 32.4 Å². The van der Waals surface area contributed by atoms with Crippen molar-refractivity contribution in [2.24, 2.45) is 11.3 Å². The van der Waals surface area contributed by atoms with Crippen LogP contribution in [0.25, 0.3) is 0 Å². The van der Waals surface area contributed by atoms with Crippen LogP contribution in [0.3, 0.4) is 0 Å². The van der Waals surface area contributed by atoms with Gasteiger partial charge in [-0.25, -0.2) is 0 Å². The Labute approximate surface area is 136 Å². The molecule has 1 saturated carbocycles. The lowest BCUT2D eigenvalue weighted by atomic mass is 9.92. The summed E-state index contributed by atoms with van der Waals surface area (Å²) in [4.78, 5) is 23.9. The van der Waals surface area contributed by atoms with Crippen molar-refractivity contribution < 1.29 is 14.3 Å². The van der Waals surface area contributed by atoms with E-state index in [1.165, 1.54) is 6.92 Å². The van der Waals surface area contributed by atoms with E-state index < -0.39 is 0 Å². The molecule has 1 atom stereocenters. The largest absolute Gasteiger partial charge is 0.497 e. The predicted octanol–water partition coefficient (Wildman–Crippen LogP) is 1.98. The van der Waals surface area contributed by atoms with E-state index in [2.05, 4.69) is 16.0 Å². The van der Waals surface area contributed by atoms with Crippen LogP contribution in [0.5, 0.6) is 5.75 Å². The van der Waals surface area contributed by atoms with Crippen LogP contribution in [0.2, 0.25) is 0 Å². The third kappa shape index (κ3) is 3.32. The van der Waals surface area contributed by atoms with Gasteiger partial charge in [0.05, 0.1) is 18.5 Å². The van der Waals surface area contributed by atoms with E-state index in [9.17, 15) is 9.59 Å². The van der Waals surface area contributed by atoms with Crippen molar-refractivity contribution in [3.05, 3.63) is 18.2 Å². The lowest BCUT2D eigenvalue weighted by Gasteiger charge is -2.23. The molecular formula is C17H23N3O3. The van der Waals surface area contributed by atoms with Gasteiger partial charge in [-0.3, -0.25) is 9.59 Å². The Balaban J connectivity index is 1.73. The molecule has 0 aromatic heterocycles. The van der Waals surface area contributed by atoms with E-state index in [-0.39, 0.29) is 23.1 Å². The number of hydrogen-bond donors (Lipinski definition) is 3. The van der Waals surface area contributed by atoms with Crippen LogP contribution in [-0.2, 0) is 9.59 Å². The van der Waals surface area contributed by atoms with Crippen molar-refractivity contribution in [1.29, 1.82) is 0 Å². The van der Waals surface area contributed by atoms with Crippen LogP contribution < -0.4 is 20.7 Å². The number of nitrogens with one attached hydrogen (secondary N) is 3. The fraction of sp³-hybridized carbons (Fsp3) is 0.529. The summed E-state index contributed by atoms with van der Waals surface area (Å²) in [5, 5.41) is 9.05. The first-order chi connectivity index (χ1) is 11.0. The average Bonchev–Trinajstić information content (AvgIpc) is 3.22. The van der Waals surface area contributed by atoms with E-state index >= 15 is 0 Å². The number of hydrogen-bond acceptors (Lipinski definition) is 4. The van der Waals surface area contributed by atoms with Gasteiger partial charge in [-0.05, 0) is 49.9 Å². The maximum absolute atomic E-state index is 12.6. The number of ether oxygens (including phenoxy) is 1. The van der Waals surface area contributed by atoms with Crippen LogP contribution in [0.1, 0.15) is 26.2 Å². The molecular weight excluding hydrogens is 294 g/mol. The minimum absolute atomic E-state index is 0.0340. The predicted molar refractivity (Wildman–Crippen MR) is 88.6 cm³/mol. The Morgan fingerprint density at radius 1 is 1.22 bits per heavy atom. The molecule has 1 aromatic carbocycles. The molecule has 2 amide bonds. The highest BCUT2D eigenvalue weighted by molar-refractivity contribution is 6.01. The van der Waals surface area contributed by atoms with Gasteiger partial charge in [0.1, 0.15) is 5.75 Å². The molecule has 1 aliphatic carbocycles. The first kappa shape index (κ1) is 15.8. The number of piperidine rings is 1. The van der Waals surface area contributed by atoms with Crippen molar-refractivity contribution in [3.8, 4) is 5.75 Å². The van der Waals surface area contributed by atoms with Gasteiger partial charge in [-0.15, -0.1) is 0 Å². The number of benzene rings is 1. The molecule has 124 valence electrons. The summed E-state index contributed by atoms with van der Waals surface area (Å²) in [6.45, 7) is 3.42. The van der Waals surface area contributed by atoms with E-state index in [4.69, 9.17) is 4.74 Å². The minimum Gasteiger partial charge on any atom is -0.497 e. The van der Waals surface area contributed by atoms with Crippen molar-refractivity contribution in [1.82, 2.24) is 5.32 Å². The first-order valence-corrected chi connectivity index (χ1v) is 8.01. The second kappa shape index (κ2) is 6.20. The maximum Gasteiger partial charge on any atom is 0.228 e. The third-order valence-electron chi connectivity index (χ3n) is 4.90. The van der Waals surface area contributed by atoms with Gasteiger partial charge in [-0.2, -0.15) is 0 Å². The van der Waals surface area contributed by atoms with E-state index in [1.54, 1.807) is 25.3 Å². The fourth-order valence-electron chi connectivity index (χ4n) is 3.47. The van der Waals surface area contributed by atoms with Crippen LogP contribution in [0.4, 0.5) is 11.4 Å². The van der Waals surface area contributed by atoms with Crippen molar-refractivity contribution in [2.45, 2.75) is 26.2 Å². The summed E-state index contributed by atoms with van der Waals surface area (Å²) in [6.07, 6.45) is 3.07. The maximum atomic E-state index is 12.6. The van der Waals surface area contributed by atoms with Crippen LogP contribution in [0, 0.1) is 11.3 Å². The molecule has 0 bridgehead atoms. The molecule has 0 radical (unpaired) electrons. The Bertz CT molecular complexity index is 624. The molecule has 1 unspecified atom stereocenters. The Morgan fingerprint density at radius 3 is 2.61 bits per heavy atom. The smallest absolute Gasteiger partial charge is 0.228 e. The molecule has 1 spiro atoms. The summed E-state index contributed by atoms with van der Waals surface area (Å²) >= 11 is 0. The standard InChI is InChI=1S/C17H23N3O3/c1-11(21)19-14-4-3-12(23-2)9-15(14)20-16(22)13-10-17(13)5-7-18-8-6-17/h3-4,9,13,18H,5-8,10H2,1-2H3,(H,19,21)(H,20,22). The van der Waals surface area contributed by atoms with Crippen molar-refractivity contribution in [2.75, 3.05) is 30.8 Å². The lowest BCUT2D eigenvalue weighted by Crippen LogP contribution is -2.31. The van der Waals surface area contributed by atoms with E-state index in [0.29, 0.717) is 17.1 Å². The van der Waals surface area contributed by atoms with Crippen LogP contribution in [-0.4, -0.2) is 32.0 Å². The Kier molecular flexibility index (Phi) is 4.26. The van der Waals surface area contributed by atoms with Crippen LogP contribution in [0.15, 0.2) is 18.2 Å². The second-order valence-electron chi connectivity index (χ2n) is 6.45. The van der Waals surface area contributed by atoms with Gasteiger partial charge >= 0.3 is 0 Å². The normalized spacial score (nSPS) is 21.6. The van der Waals surface area contributed by atoms with Gasteiger partial charge in [0.2, 0.25) is 11.8 Å².